The molecule has 4 amide bonds. The first kappa shape index (κ1) is 55.1. The number of aliphatic carboxylic acids is 3. The Morgan fingerprint density at radius 3 is 1.25 bits per heavy atom. The molecule has 0 saturated carbocycles. The van der Waals surface area contributed by atoms with E-state index in [-0.39, 0.29) is 116 Å². The molecular formula is C41H74N4O14. The van der Waals surface area contributed by atoms with Crippen LogP contribution in [0, 0.1) is 0 Å². The number of ether oxygens (including phenoxy) is 4. The molecule has 0 rings (SSSR count). The van der Waals surface area contributed by atoms with E-state index in [1.807, 2.05) is 0 Å². The maximum Gasteiger partial charge on any atom is 0.326 e. The van der Waals surface area contributed by atoms with Gasteiger partial charge in [-0.15, -0.1) is 0 Å². The second-order valence-corrected chi connectivity index (χ2v) is 14.4. The number of hydrogen-bond donors (Lipinski definition) is 7. The van der Waals surface area contributed by atoms with E-state index < -0.39 is 35.9 Å². The van der Waals surface area contributed by atoms with Gasteiger partial charge in [0.15, 0.2) is 0 Å². The Kier molecular flexibility index (Phi) is 37.0. The lowest BCUT2D eigenvalue weighted by atomic mass is 10.0. The van der Waals surface area contributed by atoms with Crippen LogP contribution in [-0.2, 0) is 52.5 Å². The van der Waals surface area contributed by atoms with Gasteiger partial charge in [0.2, 0.25) is 23.6 Å². The van der Waals surface area contributed by atoms with Crippen molar-refractivity contribution < 1.29 is 67.8 Å². The monoisotopic (exact) mass is 847 g/mol. The van der Waals surface area contributed by atoms with Crippen LogP contribution in [0.5, 0.6) is 0 Å². The Hall–Kier alpha value is -3.87. The van der Waals surface area contributed by atoms with Crippen LogP contribution in [0.25, 0.3) is 0 Å². The molecule has 0 saturated heterocycles. The van der Waals surface area contributed by atoms with Gasteiger partial charge < -0.3 is 55.5 Å². The van der Waals surface area contributed by atoms with Crippen LogP contribution in [0.1, 0.15) is 142 Å². The van der Waals surface area contributed by atoms with Gasteiger partial charge in [0, 0.05) is 32.4 Å². The second-order valence-electron chi connectivity index (χ2n) is 14.4. The Morgan fingerprint density at radius 1 is 0.424 bits per heavy atom. The van der Waals surface area contributed by atoms with Gasteiger partial charge in [-0.3, -0.25) is 24.0 Å². The molecule has 18 nitrogen and oxygen atoms in total. The minimum absolute atomic E-state index is 0.0302. The summed E-state index contributed by atoms with van der Waals surface area (Å²) in [6, 6.07) is -2.10. The Bertz CT molecular complexity index is 1160. The largest absolute Gasteiger partial charge is 0.481 e. The molecule has 0 fully saturated rings. The lowest BCUT2D eigenvalue weighted by Gasteiger charge is -2.14. The number of carbonyl (C=O) groups excluding carboxylic acids is 4. The highest BCUT2D eigenvalue weighted by atomic mass is 16.5. The fraction of sp³-hybridized carbons (Fsp3) is 0.829. The maximum absolute atomic E-state index is 12.3. The number of nitrogens with one attached hydrogen (secondary N) is 4. The molecule has 7 N–H and O–H groups in total. The minimum atomic E-state index is -1.19. The average molecular weight is 847 g/mol. The smallest absolute Gasteiger partial charge is 0.326 e. The lowest BCUT2D eigenvalue weighted by Crippen LogP contribution is -2.42. The number of amides is 4. The van der Waals surface area contributed by atoms with E-state index in [4.69, 9.17) is 29.2 Å². The molecule has 0 heterocycles. The van der Waals surface area contributed by atoms with Crippen molar-refractivity contribution in [3.63, 3.8) is 0 Å². The zero-order valence-corrected chi connectivity index (χ0v) is 35.4. The quantitative estimate of drug-likeness (QED) is 0.0432. The molecule has 0 aliphatic heterocycles. The molecule has 0 aliphatic rings. The van der Waals surface area contributed by atoms with Crippen molar-refractivity contribution in [3.05, 3.63) is 0 Å². The fourth-order valence-corrected chi connectivity index (χ4v) is 5.84. The molecule has 59 heavy (non-hydrogen) atoms. The van der Waals surface area contributed by atoms with Crippen molar-refractivity contribution >= 4 is 41.5 Å². The lowest BCUT2D eigenvalue weighted by molar-refractivity contribution is -0.142. The van der Waals surface area contributed by atoms with Gasteiger partial charge in [-0.2, -0.15) is 0 Å². The van der Waals surface area contributed by atoms with Crippen LogP contribution >= 0.6 is 0 Å². The number of rotatable bonds is 43. The third-order valence-corrected chi connectivity index (χ3v) is 9.23. The second kappa shape index (κ2) is 39.6. The van der Waals surface area contributed by atoms with Crippen LogP contribution in [0.4, 0.5) is 0 Å². The zero-order valence-electron chi connectivity index (χ0n) is 35.4. The van der Waals surface area contributed by atoms with Crippen LogP contribution in [0.3, 0.4) is 0 Å². The molecule has 0 spiro atoms. The van der Waals surface area contributed by atoms with Crippen molar-refractivity contribution in [2.75, 3.05) is 65.9 Å². The van der Waals surface area contributed by atoms with Gasteiger partial charge in [0.1, 0.15) is 25.3 Å². The Balaban J connectivity index is 3.67. The van der Waals surface area contributed by atoms with Gasteiger partial charge in [-0.25, -0.2) is 9.59 Å². The number of unbranched alkanes of at least 4 members (excludes halogenated alkanes) is 15. The van der Waals surface area contributed by atoms with Crippen LogP contribution in [-0.4, -0.2) is 135 Å². The molecule has 342 valence electrons. The van der Waals surface area contributed by atoms with Crippen molar-refractivity contribution in [2.24, 2.45) is 0 Å². The first-order valence-corrected chi connectivity index (χ1v) is 21.6. The zero-order chi connectivity index (χ0) is 43.8. The summed E-state index contributed by atoms with van der Waals surface area (Å²) in [7, 11) is 0. The van der Waals surface area contributed by atoms with Gasteiger partial charge in [-0.05, 0) is 25.7 Å². The van der Waals surface area contributed by atoms with Gasteiger partial charge in [0.05, 0.1) is 39.6 Å². The summed E-state index contributed by atoms with van der Waals surface area (Å²) in [4.78, 5) is 81.1. The fourth-order valence-electron chi connectivity index (χ4n) is 5.84. The molecule has 0 radical (unpaired) electrons. The summed E-state index contributed by atoms with van der Waals surface area (Å²) >= 11 is 0. The van der Waals surface area contributed by atoms with Gasteiger partial charge >= 0.3 is 17.9 Å². The summed E-state index contributed by atoms with van der Waals surface area (Å²) in [6.45, 7) is 2.67. The van der Waals surface area contributed by atoms with Crippen LogP contribution in [0.2, 0.25) is 0 Å². The summed E-state index contributed by atoms with van der Waals surface area (Å²) < 4.78 is 21.1. The SMILES string of the molecule is CCC(NC(=O)COCCOCCNC(=O)COCCOCCNC(=O)CC[C@H](NC(=O)CCCCCCCCCCCCCCCCCCC(=O)O)C(=O)O)C(=O)O. The predicted octanol–water partition coefficient (Wildman–Crippen LogP) is 3.72. The van der Waals surface area contributed by atoms with Gasteiger partial charge in [-0.1, -0.05) is 96.8 Å². The highest BCUT2D eigenvalue weighted by Crippen LogP contribution is 2.14. The van der Waals surface area contributed by atoms with E-state index in [0.717, 1.165) is 38.5 Å². The van der Waals surface area contributed by atoms with Crippen molar-refractivity contribution in [2.45, 2.75) is 154 Å². The highest BCUT2D eigenvalue weighted by molar-refractivity contribution is 5.85. The molecule has 1 unspecified atom stereocenters. The first-order valence-electron chi connectivity index (χ1n) is 21.6. The maximum atomic E-state index is 12.3. The molecule has 0 aliphatic carbocycles. The Morgan fingerprint density at radius 2 is 0.814 bits per heavy atom. The first-order chi connectivity index (χ1) is 28.5. The molecule has 0 aromatic rings. The van der Waals surface area contributed by atoms with Gasteiger partial charge in [0.25, 0.3) is 0 Å². The number of hydrogen-bond acceptors (Lipinski definition) is 11. The molecule has 0 aromatic carbocycles. The van der Waals surface area contributed by atoms with E-state index in [9.17, 15) is 38.7 Å². The Labute approximate surface area is 350 Å². The van der Waals surface area contributed by atoms with Crippen molar-refractivity contribution in [3.8, 4) is 0 Å². The number of carboxylic acid groups (broad SMARTS) is 3. The predicted molar refractivity (Wildman–Crippen MR) is 219 cm³/mol. The summed E-state index contributed by atoms with van der Waals surface area (Å²) in [5.41, 5.74) is 0. The molecule has 18 heteroatoms. The molecule has 0 aromatic heterocycles. The third-order valence-electron chi connectivity index (χ3n) is 9.23. The van der Waals surface area contributed by atoms with E-state index in [1.54, 1.807) is 6.92 Å². The van der Waals surface area contributed by atoms with Crippen LogP contribution in [0.15, 0.2) is 0 Å². The summed E-state index contributed by atoms with van der Waals surface area (Å²) in [5.74, 6) is -4.57. The van der Waals surface area contributed by atoms with Crippen molar-refractivity contribution in [1.29, 1.82) is 0 Å². The van der Waals surface area contributed by atoms with E-state index in [1.165, 1.54) is 57.8 Å². The topological polar surface area (TPSA) is 265 Å². The molecular weight excluding hydrogens is 772 g/mol. The normalized spacial score (nSPS) is 12.0. The van der Waals surface area contributed by atoms with E-state index in [0.29, 0.717) is 6.42 Å². The van der Waals surface area contributed by atoms with Crippen LogP contribution < -0.4 is 21.3 Å². The standard InChI is InChI=1S/C41H74N4O14/c1-2-33(40(52)53)44-38(49)32-59-30-28-57-26-24-43-37(48)31-58-29-27-56-25-23-42-35(46)22-21-34(41(54)55)45-36(47)19-17-15-13-11-9-7-5-3-4-6-8-10-12-14-16-18-20-39(50)51/h33-34H,2-32H2,1H3,(H,42,46)(H,43,48)(H,44,49)(H,45,47)(H,50,51)(H,52,53)(H,54,55)/t33?,34-/m0/s1. The minimum Gasteiger partial charge on any atom is -0.481 e. The average Bonchev–Trinajstić information content (AvgIpc) is 3.19. The van der Waals surface area contributed by atoms with Crippen molar-refractivity contribution in [1.82, 2.24) is 21.3 Å². The number of carboxylic acids is 3. The number of carbonyl (C=O) groups is 7. The molecule has 2 atom stereocenters. The summed E-state index contributed by atoms with van der Waals surface area (Å²) in [6.07, 6.45) is 18.5. The van der Waals surface area contributed by atoms with E-state index in [2.05, 4.69) is 21.3 Å². The highest BCUT2D eigenvalue weighted by Gasteiger charge is 2.21. The summed E-state index contributed by atoms with van der Waals surface area (Å²) in [5, 5.41) is 37.2. The van der Waals surface area contributed by atoms with E-state index >= 15 is 0 Å². The third kappa shape index (κ3) is 38.1. The molecule has 0 bridgehead atoms.